The molecule has 162 valence electrons. The molecule has 0 bridgehead atoms. The van der Waals surface area contributed by atoms with Crippen molar-refractivity contribution >= 4 is 12.2 Å². The molecule has 0 saturated carbocycles. The quantitative estimate of drug-likeness (QED) is 0.388. The van der Waals surface area contributed by atoms with Crippen LogP contribution in [0, 0.1) is 27.7 Å². The molecule has 6 N–H and O–H groups in total. The lowest BCUT2D eigenvalue weighted by molar-refractivity contribution is -0.0996. The second-order valence-corrected chi connectivity index (χ2v) is 7.70. The minimum atomic E-state index is -1.93. The second kappa shape index (κ2) is 9.91. The third kappa shape index (κ3) is 5.70. The maximum Gasteiger partial charge on any atom is 0.139 e. The summed E-state index contributed by atoms with van der Waals surface area (Å²) in [5.41, 5.74) is 5.32. The Morgan fingerprint density at radius 2 is 0.933 bits per heavy atom. The first-order valence-electron chi connectivity index (χ1n) is 9.69. The van der Waals surface area contributed by atoms with Crippen molar-refractivity contribution < 1.29 is 30.6 Å². The largest absolute Gasteiger partial charge is 0.509 e. The Bertz CT molecular complexity index is 869. The summed E-state index contributed by atoms with van der Waals surface area (Å²) in [6, 6.07) is 10.8. The second-order valence-electron chi connectivity index (χ2n) is 7.70. The van der Waals surface area contributed by atoms with Gasteiger partial charge < -0.3 is 30.6 Å². The molecule has 30 heavy (non-hydrogen) atoms. The third-order valence-corrected chi connectivity index (χ3v) is 5.29. The van der Waals surface area contributed by atoms with Crippen molar-refractivity contribution in [2.45, 2.75) is 52.1 Å². The highest BCUT2D eigenvalue weighted by atomic mass is 16.4. The molecule has 0 radical (unpaired) electrons. The minimum Gasteiger partial charge on any atom is -0.509 e. The first-order valence-corrected chi connectivity index (χ1v) is 9.69. The van der Waals surface area contributed by atoms with Crippen molar-refractivity contribution in [3.05, 3.63) is 81.3 Å². The lowest BCUT2D eigenvalue weighted by Gasteiger charge is -2.26. The average molecular weight is 414 g/mol. The van der Waals surface area contributed by atoms with Crippen LogP contribution >= 0.6 is 0 Å². The zero-order chi connectivity index (χ0) is 22.6. The van der Waals surface area contributed by atoms with Crippen molar-refractivity contribution in [3.63, 3.8) is 0 Å². The van der Waals surface area contributed by atoms with Crippen LogP contribution in [-0.2, 0) is 0 Å². The maximum atomic E-state index is 10.2. The van der Waals surface area contributed by atoms with E-state index in [2.05, 4.69) is 0 Å². The van der Waals surface area contributed by atoms with E-state index in [1.54, 1.807) is 24.3 Å². The van der Waals surface area contributed by atoms with Gasteiger partial charge in [0.25, 0.3) is 0 Å². The van der Waals surface area contributed by atoms with E-state index in [4.69, 9.17) is 0 Å². The fraction of sp³-hybridized carbons (Fsp3) is 0.333. The van der Waals surface area contributed by atoms with Crippen LogP contribution in [-0.4, -0.2) is 55.1 Å². The summed E-state index contributed by atoms with van der Waals surface area (Å²) in [6.07, 6.45) is -5.04. The maximum absolute atomic E-state index is 10.2. The Labute approximate surface area is 176 Å². The summed E-state index contributed by atoms with van der Waals surface area (Å²) < 4.78 is 0. The number of hydrogen-bond acceptors (Lipinski definition) is 6. The van der Waals surface area contributed by atoms with Crippen molar-refractivity contribution in [1.29, 1.82) is 0 Å². The summed E-state index contributed by atoms with van der Waals surface area (Å²) in [4.78, 5) is 0. The summed E-state index contributed by atoms with van der Waals surface area (Å²) in [7, 11) is 0. The van der Waals surface area contributed by atoms with Gasteiger partial charge in [0.15, 0.2) is 0 Å². The zero-order valence-electron chi connectivity index (χ0n) is 17.6. The molecular weight excluding hydrogens is 384 g/mol. The standard InChI is InChI=1S/C24H30O6/c1-13-5-7-17(9-15(13)3)11-19(25)21(27)23(29)24(30)22(28)20(26)12-18-8-6-14(2)16(4)10-18/h5-12,21-30H,1-4H3. The van der Waals surface area contributed by atoms with Gasteiger partial charge in [-0.15, -0.1) is 0 Å². The molecule has 0 aliphatic rings. The lowest BCUT2D eigenvalue weighted by atomic mass is 9.98. The average Bonchev–Trinajstić information content (AvgIpc) is 2.71. The topological polar surface area (TPSA) is 121 Å². The molecule has 0 aliphatic heterocycles. The number of benzene rings is 2. The van der Waals surface area contributed by atoms with Crippen LogP contribution in [0.4, 0.5) is 0 Å². The molecular formula is C24H30O6. The van der Waals surface area contributed by atoms with Crippen molar-refractivity contribution in [3.8, 4) is 0 Å². The van der Waals surface area contributed by atoms with E-state index in [1.807, 2.05) is 39.8 Å². The SMILES string of the molecule is Cc1ccc(C=C(O)C(O)C(O)C(O)C(O)C(O)=Cc2ccc(C)c(C)c2)cc1C. The normalized spacial score (nSPS) is 16.8. The van der Waals surface area contributed by atoms with E-state index in [-0.39, 0.29) is 0 Å². The lowest BCUT2D eigenvalue weighted by Crippen LogP contribution is -2.45. The van der Waals surface area contributed by atoms with E-state index in [0.717, 1.165) is 22.3 Å². The van der Waals surface area contributed by atoms with E-state index < -0.39 is 35.9 Å². The van der Waals surface area contributed by atoms with E-state index in [9.17, 15) is 30.6 Å². The highest BCUT2D eigenvalue weighted by Gasteiger charge is 2.34. The van der Waals surface area contributed by atoms with Gasteiger partial charge in [0.2, 0.25) is 0 Å². The molecule has 4 unspecified atom stereocenters. The van der Waals surface area contributed by atoms with E-state index in [0.29, 0.717) is 11.1 Å². The molecule has 0 saturated heterocycles. The number of aryl methyl sites for hydroxylation is 4. The number of hydrogen-bond donors (Lipinski definition) is 6. The Hall–Kier alpha value is -2.64. The van der Waals surface area contributed by atoms with Gasteiger partial charge in [0.05, 0.1) is 0 Å². The Balaban J connectivity index is 2.14. The fourth-order valence-electron chi connectivity index (χ4n) is 2.94. The predicted molar refractivity (Wildman–Crippen MR) is 117 cm³/mol. The molecule has 0 heterocycles. The van der Waals surface area contributed by atoms with Crippen LogP contribution in [0.25, 0.3) is 12.2 Å². The molecule has 0 fully saturated rings. The van der Waals surface area contributed by atoms with E-state index in [1.165, 1.54) is 12.2 Å². The third-order valence-electron chi connectivity index (χ3n) is 5.29. The van der Waals surface area contributed by atoms with Crippen LogP contribution in [0.1, 0.15) is 33.4 Å². The van der Waals surface area contributed by atoms with Crippen molar-refractivity contribution in [2.24, 2.45) is 0 Å². The number of rotatable bonds is 7. The predicted octanol–water partition coefficient (Wildman–Crippen LogP) is 2.86. The Morgan fingerprint density at radius 1 is 0.600 bits per heavy atom. The summed E-state index contributed by atoms with van der Waals surface area (Å²) in [5.74, 6) is -1.15. The van der Waals surface area contributed by atoms with Gasteiger partial charge in [0, 0.05) is 0 Å². The fourth-order valence-corrected chi connectivity index (χ4v) is 2.94. The Morgan fingerprint density at radius 3 is 1.23 bits per heavy atom. The van der Waals surface area contributed by atoms with Crippen LogP contribution in [0.15, 0.2) is 47.9 Å². The van der Waals surface area contributed by atoms with Crippen LogP contribution in [0.3, 0.4) is 0 Å². The van der Waals surface area contributed by atoms with E-state index >= 15 is 0 Å². The van der Waals surface area contributed by atoms with Gasteiger partial charge >= 0.3 is 0 Å². The minimum absolute atomic E-state index is 0.574. The Kier molecular flexibility index (Phi) is 7.81. The first-order chi connectivity index (χ1) is 14.0. The molecule has 2 aromatic carbocycles. The smallest absolute Gasteiger partial charge is 0.139 e. The molecule has 6 nitrogen and oxygen atoms in total. The molecule has 2 rings (SSSR count). The highest BCUT2D eigenvalue weighted by molar-refractivity contribution is 5.55. The first kappa shape index (κ1) is 23.6. The molecule has 2 aromatic rings. The van der Waals surface area contributed by atoms with Gasteiger partial charge in [-0.3, -0.25) is 0 Å². The van der Waals surface area contributed by atoms with Crippen LogP contribution < -0.4 is 0 Å². The van der Waals surface area contributed by atoms with Gasteiger partial charge in [0.1, 0.15) is 35.9 Å². The summed E-state index contributed by atoms with van der Waals surface area (Å²) >= 11 is 0. The molecule has 0 aliphatic carbocycles. The molecule has 0 spiro atoms. The number of aliphatic hydroxyl groups excluding tert-OH is 6. The zero-order valence-corrected chi connectivity index (χ0v) is 17.6. The van der Waals surface area contributed by atoms with Gasteiger partial charge in [-0.1, -0.05) is 36.4 Å². The van der Waals surface area contributed by atoms with Gasteiger partial charge in [-0.25, -0.2) is 0 Å². The molecule has 6 heteroatoms. The van der Waals surface area contributed by atoms with Gasteiger partial charge in [-0.2, -0.15) is 0 Å². The molecule has 0 aromatic heterocycles. The van der Waals surface area contributed by atoms with Gasteiger partial charge in [-0.05, 0) is 73.2 Å². The summed E-state index contributed by atoms with van der Waals surface area (Å²) in [5, 5.41) is 61.1. The molecule has 0 amide bonds. The van der Waals surface area contributed by atoms with Crippen LogP contribution in [0.5, 0.6) is 0 Å². The number of aliphatic hydroxyl groups is 6. The van der Waals surface area contributed by atoms with Crippen molar-refractivity contribution in [2.75, 3.05) is 0 Å². The van der Waals surface area contributed by atoms with Crippen LogP contribution in [0.2, 0.25) is 0 Å². The van der Waals surface area contributed by atoms with Crippen molar-refractivity contribution in [1.82, 2.24) is 0 Å². The highest BCUT2D eigenvalue weighted by Crippen LogP contribution is 2.20. The summed E-state index contributed by atoms with van der Waals surface area (Å²) in [6.45, 7) is 7.69. The monoisotopic (exact) mass is 414 g/mol. The molecule has 4 atom stereocenters.